The molecule has 1 aromatic carbocycles. The molecule has 0 aliphatic heterocycles. The van der Waals surface area contributed by atoms with E-state index in [4.69, 9.17) is 5.26 Å². The van der Waals surface area contributed by atoms with Crippen LogP contribution in [0.1, 0.15) is 11.3 Å². The molecule has 16 heavy (non-hydrogen) atoms. The molecule has 78 valence electrons. The summed E-state index contributed by atoms with van der Waals surface area (Å²) in [6, 6.07) is 15.7. The topological polar surface area (TPSA) is 48.7 Å². The summed E-state index contributed by atoms with van der Waals surface area (Å²) in [4.78, 5) is 3.99. The van der Waals surface area contributed by atoms with Crippen LogP contribution in [0, 0.1) is 11.3 Å². The smallest absolute Gasteiger partial charge is 0.140 e. The van der Waals surface area contributed by atoms with Gasteiger partial charge in [0.2, 0.25) is 0 Å². The molecular formula is C13H11N3. The van der Waals surface area contributed by atoms with E-state index in [1.54, 1.807) is 12.3 Å². The van der Waals surface area contributed by atoms with E-state index in [0.29, 0.717) is 5.69 Å². The van der Waals surface area contributed by atoms with Crippen molar-refractivity contribution in [1.82, 2.24) is 4.98 Å². The summed E-state index contributed by atoms with van der Waals surface area (Å²) < 4.78 is 0. The zero-order valence-corrected chi connectivity index (χ0v) is 8.72. The van der Waals surface area contributed by atoms with Crippen LogP contribution in [0.5, 0.6) is 0 Å². The largest absolute Gasteiger partial charge is 0.380 e. The van der Waals surface area contributed by atoms with Gasteiger partial charge < -0.3 is 5.32 Å². The maximum Gasteiger partial charge on any atom is 0.140 e. The number of anilines is 1. The molecule has 1 N–H and O–H groups in total. The summed E-state index contributed by atoms with van der Waals surface area (Å²) in [5.41, 5.74) is 2.57. The van der Waals surface area contributed by atoms with Crippen LogP contribution in [0.4, 0.5) is 5.69 Å². The lowest BCUT2D eigenvalue weighted by molar-refractivity contribution is 1.13. The SMILES string of the molecule is N#Cc1ccc(NCc2ccccc2)cn1. The van der Waals surface area contributed by atoms with Gasteiger partial charge in [-0.15, -0.1) is 0 Å². The molecule has 0 saturated heterocycles. The van der Waals surface area contributed by atoms with Crippen LogP contribution in [0.15, 0.2) is 48.7 Å². The molecule has 0 aliphatic carbocycles. The van der Waals surface area contributed by atoms with Crippen LogP contribution in [0.25, 0.3) is 0 Å². The first kappa shape index (κ1) is 10.2. The first-order valence-electron chi connectivity index (χ1n) is 5.02. The average molecular weight is 209 g/mol. The van der Waals surface area contributed by atoms with Gasteiger partial charge >= 0.3 is 0 Å². The van der Waals surface area contributed by atoms with Gasteiger partial charge in [0.15, 0.2) is 0 Å². The predicted molar refractivity (Wildman–Crippen MR) is 62.7 cm³/mol. The Bertz CT molecular complexity index is 483. The summed E-state index contributed by atoms with van der Waals surface area (Å²) in [5.74, 6) is 0. The third-order valence-electron chi connectivity index (χ3n) is 2.22. The second-order valence-electron chi connectivity index (χ2n) is 3.38. The van der Waals surface area contributed by atoms with E-state index < -0.39 is 0 Å². The van der Waals surface area contributed by atoms with E-state index in [1.165, 1.54) is 5.56 Å². The fraction of sp³-hybridized carbons (Fsp3) is 0.0769. The van der Waals surface area contributed by atoms with Crippen molar-refractivity contribution in [3.05, 3.63) is 59.9 Å². The lowest BCUT2D eigenvalue weighted by atomic mass is 10.2. The van der Waals surface area contributed by atoms with Crippen LogP contribution >= 0.6 is 0 Å². The Labute approximate surface area is 94.4 Å². The minimum atomic E-state index is 0.435. The molecule has 3 nitrogen and oxygen atoms in total. The number of hydrogen-bond acceptors (Lipinski definition) is 3. The fourth-order valence-corrected chi connectivity index (χ4v) is 1.36. The van der Waals surface area contributed by atoms with Crippen molar-refractivity contribution >= 4 is 5.69 Å². The number of nitriles is 1. The first-order valence-corrected chi connectivity index (χ1v) is 5.02. The Kier molecular flexibility index (Phi) is 3.15. The second kappa shape index (κ2) is 4.94. The van der Waals surface area contributed by atoms with Gasteiger partial charge in [-0.25, -0.2) is 4.98 Å². The molecule has 0 radical (unpaired) electrons. The molecule has 2 rings (SSSR count). The Morgan fingerprint density at radius 2 is 1.94 bits per heavy atom. The normalized spacial score (nSPS) is 9.44. The third kappa shape index (κ3) is 2.58. The van der Waals surface area contributed by atoms with Crippen LogP contribution < -0.4 is 5.32 Å². The van der Waals surface area contributed by atoms with Crippen molar-refractivity contribution < 1.29 is 0 Å². The van der Waals surface area contributed by atoms with Crippen molar-refractivity contribution in [2.45, 2.75) is 6.54 Å². The van der Waals surface area contributed by atoms with Gasteiger partial charge in [0.25, 0.3) is 0 Å². The molecule has 0 aliphatic rings. The molecule has 2 aromatic rings. The summed E-state index contributed by atoms with van der Waals surface area (Å²) in [7, 11) is 0. The molecule has 1 heterocycles. The van der Waals surface area contributed by atoms with Crippen LogP contribution in [0.2, 0.25) is 0 Å². The standard InChI is InChI=1S/C13H11N3/c14-8-12-6-7-13(10-16-12)15-9-11-4-2-1-3-5-11/h1-7,10,15H,9H2. The molecule has 1 aromatic heterocycles. The van der Waals surface area contributed by atoms with Crippen LogP contribution in [-0.4, -0.2) is 4.98 Å². The maximum atomic E-state index is 8.60. The van der Waals surface area contributed by atoms with Crippen molar-refractivity contribution in [2.24, 2.45) is 0 Å². The zero-order valence-electron chi connectivity index (χ0n) is 8.72. The first-order chi connectivity index (χ1) is 7.88. The van der Waals surface area contributed by atoms with E-state index in [9.17, 15) is 0 Å². The van der Waals surface area contributed by atoms with Crippen molar-refractivity contribution in [3.8, 4) is 6.07 Å². The Morgan fingerprint density at radius 3 is 2.56 bits per heavy atom. The summed E-state index contributed by atoms with van der Waals surface area (Å²) in [6.45, 7) is 0.758. The van der Waals surface area contributed by atoms with Crippen LogP contribution in [-0.2, 0) is 6.54 Å². The minimum absolute atomic E-state index is 0.435. The van der Waals surface area contributed by atoms with Gasteiger partial charge in [-0.3, -0.25) is 0 Å². The monoisotopic (exact) mass is 209 g/mol. The van der Waals surface area contributed by atoms with E-state index in [1.807, 2.05) is 30.3 Å². The highest BCUT2D eigenvalue weighted by molar-refractivity contribution is 5.43. The highest BCUT2D eigenvalue weighted by Crippen LogP contribution is 2.08. The third-order valence-corrected chi connectivity index (χ3v) is 2.22. The van der Waals surface area contributed by atoms with Gasteiger partial charge in [0.05, 0.1) is 11.9 Å². The maximum absolute atomic E-state index is 8.60. The van der Waals surface area contributed by atoms with E-state index >= 15 is 0 Å². The van der Waals surface area contributed by atoms with E-state index in [2.05, 4.69) is 22.4 Å². The zero-order chi connectivity index (χ0) is 11.2. The molecule has 0 atom stereocenters. The quantitative estimate of drug-likeness (QED) is 0.845. The summed E-state index contributed by atoms with van der Waals surface area (Å²) in [6.07, 6.45) is 1.67. The fourth-order valence-electron chi connectivity index (χ4n) is 1.36. The van der Waals surface area contributed by atoms with Gasteiger partial charge in [-0.05, 0) is 17.7 Å². The van der Waals surface area contributed by atoms with Gasteiger partial charge in [-0.2, -0.15) is 5.26 Å². The minimum Gasteiger partial charge on any atom is -0.380 e. The highest BCUT2D eigenvalue weighted by atomic mass is 14.9. The lowest BCUT2D eigenvalue weighted by Crippen LogP contribution is -1.99. The molecule has 0 bridgehead atoms. The molecule has 0 spiro atoms. The van der Waals surface area contributed by atoms with Gasteiger partial charge in [0.1, 0.15) is 11.8 Å². The highest BCUT2D eigenvalue weighted by Gasteiger charge is 1.94. The number of aromatic nitrogens is 1. The van der Waals surface area contributed by atoms with E-state index in [0.717, 1.165) is 12.2 Å². The molecule has 0 unspecified atom stereocenters. The molecular weight excluding hydrogens is 198 g/mol. The Hall–Kier alpha value is -2.34. The number of hydrogen-bond donors (Lipinski definition) is 1. The second-order valence-corrected chi connectivity index (χ2v) is 3.38. The number of benzene rings is 1. The van der Waals surface area contributed by atoms with Crippen molar-refractivity contribution in [2.75, 3.05) is 5.32 Å². The lowest BCUT2D eigenvalue weighted by Gasteiger charge is -2.05. The van der Waals surface area contributed by atoms with Crippen molar-refractivity contribution in [1.29, 1.82) is 5.26 Å². The van der Waals surface area contributed by atoms with Gasteiger partial charge in [-0.1, -0.05) is 30.3 Å². The summed E-state index contributed by atoms with van der Waals surface area (Å²) >= 11 is 0. The van der Waals surface area contributed by atoms with E-state index in [-0.39, 0.29) is 0 Å². The Morgan fingerprint density at radius 1 is 1.12 bits per heavy atom. The molecule has 0 saturated carbocycles. The summed E-state index contributed by atoms with van der Waals surface area (Å²) in [5, 5.41) is 11.8. The average Bonchev–Trinajstić information content (AvgIpc) is 2.38. The number of nitrogens with one attached hydrogen (secondary N) is 1. The Balaban J connectivity index is 1.98. The molecule has 3 heteroatoms. The number of nitrogens with zero attached hydrogens (tertiary/aromatic N) is 2. The van der Waals surface area contributed by atoms with Crippen molar-refractivity contribution in [3.63, 3.8) is 0 Å². The number of pyridine rings is 1. The molecule has 0 amide bonds. The predicted octanol–water partition coefficient (Wildman–Crippen LogP) is 2.57. The number of rotatable bonds is 3. The van der Waals surface area contributed by atoms with Crippen LogP contribution in [0.3, 0.4) is 0 Å². The van der Waals surface area contributed by atoms with Gasteiger partial charge in [0, 0.05) is 6.54 Å². The molecule has 0 fully saturated rings.